The van der Waals surface area contributed by atoms with E-state index in [0.717, 1.165) is 16.4 Å². The minimum absolute atomic E-state index is 0.554. The maximum Gasteiger partial charge on any atom is 0.152 e. The average molecular weight is 198 g/mol. The van der Waals surface area contributed by atoms with Crippen LogP contribution >= 0.6 is 22.9 Å². The van der Waals surface area contributed by atoms with Crippen LogP contribution in [0.25, 0.3) is 10.1 Å². The molecule has 0 aliphatic rings. The molecule has 0 N–H and O–H groups in total. The fourth-order valence-corrected chi connectivity index (χ4v) is 2.28. The van der Waals surface area contributed by atoms with Gasteiger partial charge in [-0.2, -0.15) is 0 Å². The zero-order valence-corrected chi connectivity index (χ0v) is 7.52. The van der Waals surface area contributed by atoms with E-state index in [4.69, 9.17) is 11.6 Å². The van der Waals surface area contributed by atoms with E-state index in [1.165, 1.54) is 17.5 Å². The lowest BCUT2D eigenvalue weighted by Crippen LogP contribution is -1.82. The number of nitrogens with zero attached hydrogens (tertiary/aromatic N) is 1. The van der Waals surface area contributed by atoms with E-state index >= 15 is 0 Å². The van der Waals surface area contributed by atoms with Crippen LogP contribution in [0.5, 0.6) is 0 Å². The third-order valence-corrected chi connectivity index (χ3v) is 2.94. The number of hydrogen-bond acceptors (Lipinski definition) is 3. The van der Waals surface area contributed by atoms with Gasteiger partial charge >= 0.3 is 0 Å². The van der Waals surface area contributed by atoms with Gasteiger partial charge in [-0.3, -0.25) is 9.78 Å². The molecule has 0 unspecified atom stereocenters. The molecular weight excluding hydrogens is 194 g/mol. The summed E-state index contributed by atoms with van der Waals surface area (Å²) in [4.78, 5) is 14.5. The smallest absolute Gasteiger partial charge is 0.152 e. The molecule has 4 heteroatoms. The first-order valence-corrected chi connectivity index (χ1v) is 4.54. The van der Waals surface area contributed by atoms with E-state index in [1.807, 2.05) is 0 Å². The van der Waals surface area contributed by atoms with Gasteiger partial charge in [-0.05, 0) is 0 Å². The van der Waals surface area contributed by atoms with Gasteiger partial charge < -0.3 is 0 Å². The van der Waals surface area contributed by atoms with Gasteiger partial charge in [-0.1, -0.05) is 11.6 Å². The first-order valence-electron chi connectivity index (χ1n) is 3.29. The number of carbonyl (C=O) groups excluding carboxylic acids is 1. The van der Waals surface area contributed by atoms with Crippen LogP contribution in [0.3, 0.4) is 0 Å². The topological polar surface area (TPSA) is 30.0 Å². The van der Waals surface area contributed by atoms with E-state index in [9.17, 15) is 4.79 Å². The molecule has 0 spiro atoms. The Bertz CT molecular complexity index is 438. The number of aromatic nitrogens is 1. The summed E-state index contributed by atoms with van der Waals surface area (Å²) in [5, 5.41) is 3.24. The van der Waals surface area contributed by atoms with E-state index < -0.39 is 0 Å². The lowest BCUT2D eigenvalue weighted by Gasteiger charge is -1.92. The average Bonchev–Trinajstić information content (AvgIpc) is 2.48. The van der Waals surface area contributed by atoms with E-state index in [0.29, 0.717) is 10.6 Å². The highest BCUT2D eigenvalue weighted by atomic mass is 35.5. The van der Waals surface area contributed by atoms with Crippen LogP contribution in [-0.4, -0.2) is 11.3 Å². The molecule has 0 saturated heterocycles. The number of aldehydes is 1. The van der Waals surface area contributed by atoms with Gasteiger partial charge in [0.05, 0.1) is 9.72 Å². The summed E-state index contributed by atoms with van der Waals surface area (Å²) < 4.78 is 0.949. The zero-order chi connectivity index (χ0) is 8.55. The molecule has 60 valence electrons. The summed E-state index contributed by atoms with van der Waals surface area (Å²) in [5.41, 5.74) is 0.554. The van der Waals surface area contributed by atoms with Crippen LogP contribution in [0.15, 0.2) is 17.8 Å². The standard InChI is InChI=1S/C8H4ClNOS/c9-6-4-12-7-2-10-1-5(3-11)8(6)7/h1-4H. The second-order valence-electron chi connectivity index (χ2n) is 2.30. The number of pyridine rings is 1. The highest BCUT2D eigenvalue weighted by Gasteiger charge is 2.06. The lowest BCUT2D eigenvalue weighted by molar-refractivity contribution is 0.112. The second kappa shape index (κ2) is 2.84. The molecule has 0 fully saturated rings. The Hall–Kier alpha value is -0.930. The number of carbonyl (C=O) groups is 1. The van der Waals surface area contributed by atoms with E-state index in [1.54, 1.807) is 11.6 Å². The lowest BCUT2D eigenvalue weighted by atomic mass is 10.2. The number of thiophene rings is 1. The summed E-state index contributed by atoms with van der Waals surface area (Å²) in [6.45, 7) is 0. The third-order valence-electron chi connectivity index (χ3n) is 1.60. The molecule has 0 atom stereocenters. The monoisotopic (exact) mass is 197 g/mol. The Morgan fingerprint density at radius 1 is 1.50 bits per heavy atom. The van der Waals surface area contributed by atoms with Gasteiger partial charge in [-0.15, -0.1) is 11.3 Å². The predicted octanol–water partition coefficient (Wildman–Crippen LogP) is 2.76. The van der Waals surface area contributed by atoms with Crippen LogP contribution in [0, 0.1) is 0 Å². The maximum absolute atomic E-state index is 10.6. The predicted molar refractivity (Wildman–Crippen MR) is 50.0 cm³/mol. The van der Waals surface area contributed by atoms with Crippen molar-refractivity contribution < 1.29 is 4.79 Å². The zero-order valence-electron chi connectivity index (χ0n) is 5.95. The highest BCUT2D eigenvalue weighted by Crippen LogP contribution is 2.30. The molecule has 2 rings (SSSR count). The first-order chi connectivity index (χ1) is 5.83. The molecule has 12 heavy (non-hydrogen) atoms. The van der Waals surface area contributed by atoms with Crippen LogP contribution in [-0.2, 0) is 0 Å². The Morgan fingerprint density at radius 3 is 3.08 bits per heavy atom. The van der Waals surface area contributed by atoms with Crippen LogP contribution in [0.1, 0.15) is 10.4 Å². The van der Waals surface area contributed by atoms with Crippen molar-refractivity contribution in [3.63, 3.8) is 0 Å². The molecule has 0 aliphatic heterocycles. The molecule has 0 aliphatic carbocycles. The fourth-order valence-electron chi connectivity index (χ4n) is 1.07. The summed E-state index contributed by atoms with van der Waals surface area (Å²) in [7, 11) is 0. The van der Waals surface area contributed by atoms with Gasteiger partial charge in [0.1, 0.15) is 0 Å². The van der Waals surface area contributed by atoms with Crippen molar-refractivity contribution in [3.8, 4) is 0 Å². The molecule has 2 heterocycles. The largest absolute Gasteiger partial charge is 0.298 e. The van der Waals surface area contributed by atoms with Crippen molar-refractivity contribution in [2.24, 2.45) is 0 Å². The van der Waals surface area contributed by atoms with E-state index in [2.05, 4.69) is 4.98 Å². The minimum atomic E-state index is 0.554. The van der Waals surface area contributed by atoms with Crippen molar-refractivity contribution in [2.75, 3.05) is 0 Å². The Morgan fingerprint density at radius 2 is 2.33 bits per heavy atom. The summed E-state index contributed by atoms with van der Waals surface area (Å²) >= 11 is 7.37. The SMILES string of the molecule is O=Cc1cncc2scc(Cl)c12. The van der Waals surface area contributed by atoms with Crippen LogP contribution < -0.4 is 0 Å². The van der Waals surface area contributed by atoms with Crippen LogP contribution in [0.4, 0.5) is 0 Å². The summed E-state index contributed by atoms with van der Waals surface area (Å²) in [6, 6.07) is 0. The van der Waals surface area contributed by atoms with Crippen molar-refractivity contribution in [1.82, 2.24) is 4.98 Å². The summed E-state index contributed by atoms with van der Waals surface area (Å²) in [6.07, 6.45) is 4.00. The molecule has 2 aromatic rings. The third kappa shape index (κ3) is 1.02. The number of halogens is 1. The fraction of sp³-hybridized carbons (Fsp3) is 0. The Labute approximate surface area is 77.8 Å². The number of rotatable bonds is 1. The quantitative estimate of drug-likeness (QED) is 0.658. The molecule has 2 nitrogen and oxygen atoms in total. The van der Waals surface area contributed by atoms with Gasteiger partial charge in [-0.25, -0.2) is 0 Å². The molecule has 0 radical (unpaired) electrons. The maximum atomic E-state index is 10.6. The van der Waals surface area contributed by atoms with Gasteiger partial charge in [0, 0.05) is 28.7 Å². The van der Waals surface area contributed by atoms with Gasteiger partial charge in [0.15, 0.2) is 6.29 Å². The van der Waals surface area contributed by atoms with Crippen molar-refractivity contribution in [1.29, 1.82) is 0 Å². The van der Waals surface area contributed by atoms with Gasteiger partial charge in [0.25, 0.3) is 0 Å². The van der Waals surface area contributed by atoms with Crippen molar-refractivity contribution >= 4 is 39.3 Å². The number of fused-ring (bicyclic) bond motifs is 1. The normalized spacial score (nSPS) is 10.4. The van der Waals surface area contributed by atoms with Crippen LogP contribution in [0.2, 0.25) is 5.02 Å². The second-order valence-corrected chi connectivity index (χ2v) is 3.62. The first kappa shape index (κ1) is 7.71. The molecule has 2 aromatic heterocycles. The van der Waals surface area contributed by atoms with Crippen molar-refractivity contribution in [3.05, 3.63) is 28.4 Å². The summed E-state index contributed by atoms with van der Waals surface area (Å²) in [5.74, 6) is 0. The van der Waals surface area contributed by atoms with Gasteiger partial charge in [0.2, 0.25) is 0 Å². The minimum Gasteiger partial charge on any atom is -0.298 e. The Balaban J connectivity index is 2.93. The molecule has 0 bridgehead atoms. The Kier molecular flexibility index (Phi) is 1.83. The molecule has 0 amide bonds. The number of hydrogen-bond donors (Lipinski definition) is 0. The molecular formula is C8H4ClNOS. The molecule has 0 saturated carbocycles. The molecule has 0 aromatic carbocycles. The van der Waals surface area contributed by atoms with Crippen molar-refractivity contribution in [2.45, 2.75) is 0 Å². The highest BCUT2D eigenvalue weighted by molar-refractivity contribution is 7.17. The van der Waals surface area contributed by atoms with E-state index in [-0.39, 0.29) is 0 Å².